The maximum Gasteiger partial charge on any atom is 0.154 e. The lowest BCUT2D eigenvalue weighted by Crippen LogP contribution is -1.80. The van der Waals surface area contributed by atoms with Crippen LogP contribution >= 0.6 is 0 Å². The molecule has 16 heavy (non-hydrogen) atoms. The Hall–Kier alpha value is -2.17. The second-order valence-corrected chi connectivity index (χ2v) is 3.61. The van der Waals surface area contributed by atoms with E-state index < -0.39 is 0 Å². The van der Waals surface area contributed by atoms with E-state index in [4.69, 9.17) is 0 Å². The van der Waals surface area contributed by atoms with E-state index in [-0.39, 0.29) is 5.82 Å². The standard InChI is InChI=1S/C11H8FN3O/c1-6-11(15-16-14-6)10-5-7-4-8(12)2-3-9(7)13-10/h2-5,13H,1H3. The van der Waals surface area contributed by atoms with Crippen LogP contribution in [0.15, 0.2) is 28.9 Å². The number of fused-ring (bicyclic) bond motifs is 1. The second-order valence-electron chi connectivity index (χ2n) is 3.61. The van der Waals surface area contributed by atoms with Crippen LogP contribution in [0.4, 0.5) is 4.39 Å². The van der Waals surface area contributed by atoms with Crippen LogP contribution in [0.25, 0.3) is 22.3 Å². The first kappa shape index (κ1) is 9.08. The molecule has 0 bridgehead atoms. The molecule has 0 radical (unpaired) electrons. The van der Waals surface area contributed by atoms with Crippen molar-refractivity contribution < 1.29 is 9.02 Å². The summed E-state index contributed by atoms with van der Waals surface area (Å²) in [5, 5.41) is 8.30. The van der Waals surface area contributed by atoms with Crippen molar-refractivity contribution >= 4 is 10.9 Å². The minimum absolute atomic E-state index is 0.256. The maximum absolute atomic E-state index is 13.0. The summed E-state index contributed by atoms with van der Waals surface area (Å²) in [5.41, 5.74) is 2.99. The van der Waals surface area contributed by atoms with E-state index in [1.165, 1.54) is 12.1 Å². The van der Waals surface area contributed by atoms with Gasteiger partial charge in [0.05, 0.1) is 5.69 Å². The average molecular weight is 217 g/mol. The number of nitrogens with one attached hydrogen (secondary N) is 1. The molecule has 0 aliphatic carbocycles. The van der Waals surface area contributed by atoms with Crippen LogP contribution < -0.4 is 0 Å². The van der Waals surface area contributed by atoms with Gasteiger partial charge in [0, 0.05) is 10.9 Å². The molecule has 2 aromatic heterocycles. The first-order chi connectivity index (χ1) is 7.74. The van der Waals surface area contributed by atoms with Gasteiger partial charge in [-0.2, -0.15) is 0 Å². The Morgan fingerprint density at radius 2 is 2.12 bits per heavy atom. The Morgan fingerprint density at radius 3 is 2.88 bits per heavy atom. The van der Waals surface area contributed by atoms with Crippen molar-refractivity contribution in [3.05, 3.63) is 35.8 Å². The van der Waals surface area contributed by atoms with Gasteiger partial charge in [-0.25, -0.2) is 9.02 Å². The molecule has 0 spiro atoms. The molecule has 3 aromatic rings. The summed E-state index contributed by atoms with van der Waals surface area (Å²) in [6.45, 7) is 1.80. The predicted octanol–water partition coefficient (Wildman–Crippen LogP) is 2.67. The Balaban J connectivity index is 2.23. The van der Waals surface area contributed by atoms with Crippen LogP contribution in [0.3, 0.4) is 0 Å². The predicted molar refractivity (Wildman–Crippen MR) is 56.3 cm³/mol. The highest BCUT2D eigenvalue weighted by atomic mass is 19.1. The van der Waals surface area contributed by atoms with Crippen LogP contribution in [0.5, 0.6) is 0 Å². The lowest BCUT2D eigenvalue weighted by atomic mass is 10.2. The highest BCUT2D eigenvalue weighted by Crippen LogP contribution is 2.24. The molecule has 0 fully saturated rings. The van der Waals surface area contributed by atoms with Crippen LogP contribution in [0.2, 0.25) is 0 Å². The molecule has 4 nitrogen and oxygen atoms in total. The van der Waals surface area contributed by atoms with E-state index in [0.29, 0.717) is 11.4 Å². The number of H-pyrrole nitrogens is 1. The topological polar surface area (TPSA) is 54.7 Å². The smallest absolute Gasteiger partial charge is 0.154 e. The fraction of sp³-hybridized carbons (Fsp3) is 0.0909. The normalized spacial score (nSPS) is 11.1. The number of rotatable bonds is 1. The summed E-state index contributed by atoms with van der Waals surface area (Å²) >= 11 is 0. The number of hydrogen-bond acceptors (Lipinski definition) is 3. The van der Waals surface area contributed by atoms with E-state index >= 15 is 0 Å². The summed E-state index contributed by atoms with van der Waals surface area (Å²) in [6, 6.07) is 6.40. The fourth-order valence-electron chi connectivity index (χ4n) is 1.71. The van der Waals surface area contributed by atoms with Gasteiger partial charge in [0.2, 0.25) is 0 Å². The minimum atomic E-state index is -0.256. The zero-order valence-electron chi connectivity index (χ0n) is 8.49. The van der Waals surface area contributed by atoms with E-state index in [2.05, 4.69) is 19.9 Å². The SMILES string of the molecule is Cc1nonc1-c1cc2cc(F)ccc2[nH]1. The van der Waals surface area contributed by atoms with Crippen LogP contribution in [-0.2, 0) is 0 Å². The molecule has 80 valence electrons. The average Bonchev–Trinajstić information content (AvgIpc) is 2.82. The van der Waals surface area contributed by atoms with Crippen molar-refractivity contribution in [1.82, 2.24) is 15.3 Å². The molecule has 2 heterocycles. The van der Waals surface area contributed by atoms with Crippen molar-refractivity contribution in [3.63, 3.8) is 0 Å². The zero-order chi connectivity index (χ0) is 11.1. The molecule has 0 unspecified atom stereocenters. The number of hydrogen-bond donors (Lipinski definition) is 1. The quantitative estimate of drug-likeness (QED) is 0.681. The van der Waals surface area contributed by atoms with Crippen molar-refractivity contribution in [1.29, 1.82) is 0 Å². The van der Waals surface area contributed by atoms with Crippen molar-refractivity contribution in [3.8, 4) is 11.4 Å². The van der Waals surface area contributed by atoms with E-state index in [9.17, 15) is 4.39 Å². The molecular weight excluding hydrogens is 209 g/mol. The highest BCUT2D eigenvalue weighted by Gasteiger charge is 2.11. The monoisotopic (exact) mass is 217 g/mol. The summed E-state index contributed by atoms with van der Waals surface area (Å²) in [7, 11) is 0. The molecule has 0 saturated carbocycles. The number of aromatic amines is 1. The van der Waals surface area contributed by atoms with Crippen molar-refractivity contribution in [2.24, 2.45) is 0 Å². The highest BCUT2D eigenvalue weighted by molar-refractivity contribution is 5.85. The number of aromatic nitrogens is 3. The molecule has 0 atom stereocenters. The van der Waals surface area contributed by atoms with Gasteiger partial charge >= 0.3 is 0 Å². The molecule has 0 amide bonds. The summed E-state index contributed by atoms with van der Waals surface area (Å²) in [4.78, 5) is 3.14. The lowest BCUT2D eigenvalue weighted by molar-refractivity contribution is 0.306. The van der Waals surface area contributed by atoms with Gasteiger partial charge in [-0.3, -0.25) is 0 Å². The third kappa shape index (κ3) is 1.29. The summed E-state index contributed by atoms with van der Waals surface area (Å²) in [6.07, 6.45) is 0. The number of nitrogens with zero attached hydrogens (tertiary/aromatic N) is 2. The Morgan fingerprint density at radius 1 is 1.25 bits per heavy atom. The van der Waals surface area contributed by atoms with Gasteiger partial charge in [0.1, 0.15) is 11.5 Å². The molecule has 3 rings (SSSR count). The minimum Gasteiger partial charge on any atom is -0.353 e. The van der Waals surface area contributed by atoms with Gasteiger partial charge < -0.3 is 4.98 Å². The molecular formula is C11H8FN3O. The Bertz CT molecular complexity index is 656. The lowest BCUT2D eigenvalue weighted by Gasteiger charge is -1.88. The third-order valence-corrected chi connectivity index (χ3v) is 2.49. The van der Waals surface area contributed by atoms with Crippen molar-refractivity contribution in [2.45, 2.75) is 6.92 Å². The third-order valence-electron chi connectivity index (χ3n) is 2.49. The summed E-state index contributed by atoms with van der Waals surface area (Å²) < 4.78 is 17.6. The number of benzene rings is 1. The van der Waals surface area contributed by atoms with E-state index in [1.54, 1.807) is 13.0 Å². The summed E-state index contributed by atoms with van der Waals surface area (Å²) in [5.74, 6) is -0.256. The van der Waals surface area contributed by atoms with Gasteiger partial charge in [-0.1, -0.05) is 5.16 Å². The largest absolute Gasteiger partial charge is 0.353 e. The van der Waals surface area contributed by atoms with Crippen LogP contribution in [-0.4, -0.2) is 15.3 Å². The molecule has 0 aliphatic heterocycles. The molecule has 0 saturated heterocycles. The van der Waals surface area contributed by atoms with Gasteiger partial charge in [-0.05, 0) is 36.3 Å². The molecule has 0 aliphatic rings. The molecule has 5 heteroatoms. The van der Waals surface area contributed by atoms with Crippen LogP contribution in [0, 0.1) is 12.7 Å². The number of halogens is 1. The molecule has 1 N–H and O–H groups in total. The maximum atomic E-state index is 13.0. The van der Waals surface area contributed by atoms with Gasteiger partial charge in [-0.15, -0.1) is 0 Å². The van der Waals surface area contributed by atoms with Gasteiger partial charge in [0.25, 0.3) is 0 Å². The van der Waals surface area contributed by atoms with E-state index in [0.717, 1.165) is 16.6 Å². The first-order valence-corrected chi connectivity index (χ1v) is 4.82. The van der Waals surface area contributed by atoms with Gasteiger partial charge in [0.15, 0.2) is 5.69 Å². The Labute approximate surface area is 90.0 Å². The van der Waals surface area contributed by atoms with E-state index in [1.807, 2.05) is 6.07 Å². The second kappa shape index (κ2) is 3.16. The van der Waals surface area contributed by atoms with Crippen molar-refractivity contribution in [2.75, 3.05) is 0 Å². The number of aryl methyl sites for hydroxylation is 1. The molecule has 1 aromatic carbocycles. The zero-order valence-corrected chi connectivity index (χ0v) is 8.49. The van der Waals surface area contributed by atoms with Crippen LogP contribution in [0.1, 0.15) is 5.69 Å². The fourth-order valence-corrected chi connectivity index (χ4v) is 1.71. The first-order valence-electron chi connectivity index (χ1n) is 4.82. The Kier molecular flexibility index (Phi) is 1.80.